The molecular weight excluding hydrogens is 464 g/mol. The number of unbranched alkanes of at least 4 members (excludes halogenated alkanes) is 6. The van der Waals surface area contributed by atoms with Crippen LogP contribution in [0.4, 0.5) is 5.69 Å². The lowest BCUT2D eigenvalue weighted by atomic mass is 10.0. The molecule has 2 aromatic heterocycles. The third kappa shape index (κ3) is 7.47. The first-order valence-electron chi connectivity index (χ1n) is 13.5. The normalized spacial score (nSPS) is 15.1. The molecule has 3 aromatic rings. The van der Waals surface area contributed by atoms with E-state index in [1.165, 1.54) is 91.8 Å². The van der Waals surface area contributed by atoms with Crippen molar-refractivity contribution in [1.29, 1.82) is 0 Å². The number of rotatable bonds is 14. The summed E-state index contributed by atoms with van der Waals surface area (Å²) in [6.45, 7) is 6.91. The summed E-state index contributed by atoms with van der Waals surface area (Å²) in [4.78, 5) is 8.93. The highest BCUT2D eigenvalue weighted by molar-refractivity contribution is 8.02. The Labute approximate surface area is 220 Å². The summed E-state index contributed by atoms with van der Waals surface area (Å²) in [6, 6.07) is 18.2. The van der Waals surface area contributed by atoms with E-state index in [9.17, 15) is 0 Å². The van der Waals surface area contributed by atoms with E-state index in [1.807, 2.05) is 11.8 Å². The molecule has 4 heteroatoms. The molecule has 0 radical (unpaired) electrons. The molecule has 0 spiro atoms. The van der Waals surface area contributed by atoms with Gasteiger partial charge in [0, 0.05) is 18.8 Å². The van der Waals surface area contributed by atoms with Gasteiger partial charge < -0.3 is 4.90 Å². The van der Waals surface area contributed by atoms with E-state index >= 15 is 0 Å². The molecule has 1 unspecified atom stereocenters. The molecule has 0 N–H and O–H groups in total. The van der Waals surface area contributed by atoms with Gasteiger partial charge in [-0.3, -0.25) is 4.98 Å². The quantitative estimate of drug-likeness (QED) is 0.203. The molecule has 3 heterocycles. The summed E-state index contributed by atoms with van der Waals surface area (Å²) in [6.07, 6.45) is 13.8. The second-order valence-electron chi connectivity index (χ2n) is 9.53. The first-order chi connectivity index (χ1) is 17.3. The zero-order valence-electron chi connectivity index (χ0n) is 21.4. The molecular formula is C31H40N2S2. The molecule has 1 aliphatic heterocycles. The fraction of sp³-hybridized carbons (Fsp3) is 0.452. The van der Waals surface area contributed by atoms with E-state index in [2.05, 4.69) is 84.1 Å². The number of thiophene rings is 1. The Kier molecular flexibility index (Phi) is 10.3. The highest BCUT2D eigenvalue weighted by Crippen LogP contribution is 2.40. The van der Waals surface area contributed by atoms with Crippen LogP contribution >= 0.6 is 23.1 Å². The minimum absolute atomic E-state index is 0.426. The average molecular weight is 505 g/mol. The lowest BCUT2D eigenvalue weighted by Gasteiger charge is -2.25. The lowest BCUT2D eigenvalue weighted by molar-refractivity contribution is 0.609. The molecule has 4 rings (SSSR count). The number of benzene rings is 1. The minimum atomic E-state index is 0.426. The Hall–Kier alpha value is -2.04. The van der Waals surface area contributed by atoms with Crippen molar-refractivity contribution in [3.63, 3.8) is 0 Å². The van der Waals surface area contributed by atoms with Crippen molar-refractivity contribution in [2.45, 2.75) is 76.9 Å². The van der Waals surface area contributed by atoms with Crippen LogP contribution in [0.25, 0.3) is 21.7 Å². The highest BCUT2D eigenvalue weighted by Gasteiger charge is 2.18. The maximum absolute atomic E-state index is 5.07. The molecule has 2 nitrogen and oxygen atoms in total. The topological polar surface area (TPSA) is 16.1 Å². The SMILES string of the molecule is CCCCCCN(CCCCCC)c1ccc(-c2cc(-c3cccs3)nc(C3CC=CS3)c2)cc1. The average Bonchev–Trinajstić information content (AvgIpc) is 3.63. The first-order valence-corrected chi connectivity index (χ1v) is 15.3. The van der Waals surface area contributed by atoms with Crippen LogP contribution in [-0.4, -0.2) is 18.1 Å². The van der Waals surface area contributed by atoms with Crippen molar-refractivity contribution in [3.8, 4) is 21.7 Å². The molecule has 0 fully saturated rings. The number of pyridine rings is 1. The van der Waals surface area contributed by atoms with Crippen LogP contribution in [0.5, 0.6) is 0 Å². The maximum atomic E-state index is 5.07. The van der Waals surface area contributed by atoms with Gasteiger partial charge in [-0.05, 0) is 71.5 Å². The molecule has 0 bridgehead atoms. The predicted molar refractivity (Wildman–Crippen MR) is 158 cm³/mol. The largest absolute Gasteiger partial charge is 0.372 e. The van der Waals surface area contributed by atoms with Crippen LogP contribution in [-0.2, 0) is 0 Å². The Morgan fingerprint density at radius 1 is 0.857 bits per heavy atom. The number of hydrogen-bond donors (Lipinski definition) is 0. The van der Waals surface area contributed by atoms with Gasteiger partial charge in [0.15, 0.2) is 0 Å². The molecule has 0 amide bonds. The number of nitrogens with zero attached hydrogens (tertiary/aromatic N) is 2. The predicted octanol–water partition coefficient (Wildman–Crippen LogP) is 10.1. The van der Waals surface area contributed by atoms with Gasteiger partial charge in [-0.15, -0.1) is 23.1 Å². The smallest absolute Gasteiger partial charge is 0.0811 e. The number of aromatic nitrogens is 1. The molecule has 0 saturated heterocycles. The van der Waals surface area contributed by atoms with Gasteiger partial charge in [-0.25, -0.2) is 0 Å². The van der Waals surface area contributed by atoms with E-state index in [1.54, 1.807) is 11.3 Å². The minimum Gasteiger partial charge on any atom is -0.372 e. The van der Waals surface area contributed by atoms with Crippen LogP contribution < -0.4 is 4.90 Å². The summed E-state index contributed by atoms with van der Waals surface area (Å²) in [7, 11) is 0. The van der Waals surface area contributed by atoms with Gasteiger partial charge in [-0.1, -0.05) is 76.6 Å². The monoisotopic (exact) mass is 504 g/mol. The van der Waals surface area contributed by atoms with Crippen LogP contribution in [0.2, 0.25) is 0 Å². The van der Waals surface area contributed by atoms with Gasteiger partial charge in [0.05, 0.1) is 21.5 Å². The summed E-state index contributed by atoms with van der Waals surface area (Å²) in [5, 5.41) is 4.78. The van der Waals surface area contributed by atoms with Crippen molar-refractivity contribution in [2.24, 2.45) is 0 Å². The van der Waals surface area contributed by atoms with E-state index in [4.69, 9.17) is 4.98 Å². The van der Waals surface area contributed by atoms with E-state index < -0.39 is 0 Å². The molecule has 186 valence electrons. The summed E-state index contributed by atoms with van der Waals surface area (Å²) in [5.74, 6) is 0. The highest BCUT2D eigenvalue weighted by atomic mass is 32.2. The van der Waals surface area contributed by atoms with Crippen LogP contribution in [0.1, 0.15) is 82.6 Å². The van der Waals surface area contributed by atoms with Gasteiger partial charge in [0.2, 0.25) is 0 Å². The zero-order chi connectivity index (χ0) is 24.3. The van der Waals surface area contributed by atoms with Crippen molar-refractivity contribution >= 4 is 28.8 Å². The fourth-order valence-corrected chi connectivity index (χ4v) is 6.28. The van der Waals surface area contributed by atoms with E-state index in [-0.39, 0.29) is 0 Å². The van der Waals surface area contributed by atoms with Gasteiger partial charge in [-0.2, -0.15) is 0 Å². The third-order valence-corrected chi connectivity index (χ3v) is 8.77. The van der Waals surface area contributed by atoms with Crippen LogP contribution in [0.3, 0.4) is 0 Å². The van der Waals surface area contributed by atoms with Gasteiger partial charge in [0.1, 0.15) is 0 Å². The third-order valence-electron chi connectivity index (χ3n) is 6.77. The second kappa shape index (κ2) is 13.9. The second-order valence-corrected chi connectivity index (χ2v) is 11.6. The zero-order valence-corrected chi connectivity index (χ0v) is 23.1. The molecule has 0 saturated carbocycles. The Morgan fingerprint density at radius 3 is 2.20 bits per heavy atom. The maximum Gasteiger partial charge on any atom is 0.0811 e. The Morgan fingerprint density at radius 2 is 1.60 bits per heavy atom. The van der Waals surface area contributed by atoms with Gasteiger partial charge in [0.25, 0.3) is 0 Å². The molecule has 1 atom stereocenters. The van der Waals surface area contributed by atoms with E-state index in [0.29, 0.717) is 5.25 Å². The molecule has 1 aliphatic rings. The molecule has 1 aromatic carbocycles. The number of anilines is 1. The van der Waals surface area contributed by atoms with Crippen molar-refractivity contribution < 1.29 is 0 Å². The standard InChI is InChI=1S/C31H40N2S2/c1-3-5-7-9-19-33(20-10-8-6-4-2)27-17-15-25(16-18-27)26-23-28(30-13-11-21-34-30)32-29(24-26)31-14-12-22-35-31/h11-13,15-18,21-24,31H,3-10,14,19-20H2,1-2H3. The summed E-state index contributed by atoms with van der Waals surface area (Å²) >= 11 is 3.66. The number of hydrogen-bond acceptors (Lipinski definition) is 4. The number of thioether (sulfide) groups is 1. The number of allylic oxidation sites excluding steroid dienone is 1. The Balaban J connectivity index is 1.54. The van der Waals surface area contributed by atoms with Crippen molar-refractivity contribution in [2.75, 3.05) is 18.0 Å². The molecule has 35 heavy (non-hydrogen) atoms. The van der Waals surface area contributed by atoms with E-state index in [0.717, 1.165) is 12.1 Å². The Bertz CT molecular complexity index is 1020. The van der Waals surface area contributed by atoms with Crippen molar-refractivity contribution in [1.82, 2.24) is 4.98 Å². The van der Waals surface area contributed by atoms with Crippen LogP contribution in [0, 0.1) is 0 Å². The van der Waals surface area contributed by atoms with Crippen molar-refractivity contribution in [3.05, 3.63) is 71.1 Å². The summed E-state index contributed by atoms with van der Waals surface area (Å²) in [5.41, 5.74) is 6.21. The summed E-state index contributed by atoms with van der Waals surface area (Å²) < 4.78 is 0. The first kappa shape index (κ1) is 26.0. The van der Waals surface area contributed by atoms with Gasteiger partial charge >= 0.3 is 0 Å². The fourth-order valence-electron chi connectivity index (χ4n) is 4.70. The lowest BCUT2D eigenvalue weighted by Crippen LogP contribution is -2.25. The van der Waals surface area contributed by atoms with Crippen LogP contribution in [0.15, 0.2) is 65.4 Å². The molecule has 0 aliphatic carbocycles.